The molecule has 3 heterocycles. The molecule has 0 bridgehead atoms. The zero-order valence-corrected chi connectivity index (χ0v) is 17.8. The van der Waals surface area contributed by atoms with Gasteiger partial charge in [-0.2, -0.15) is 5.10 Å². The van der Waals surface area contributed by atoms with Crippen molar-refractivity contribution in [3.8, 4) is 0 Å². The molecule has 0 spiro atoms. The van der Waals surface area contributed by atoms with E-state index < -0.39 is 0 Å². The number of hydrogen-bond donors (Lipinski definition) is 1. The number of rotatable bonds is 7. The Bertz CT molecular complexity index is 797. The molecular weight excluding hydrogens is 364 g/mol. The van der Waals surface area contributed by atoms with E-state index in [4.69, 9.17) is 4.42 Å². The van der Waals surface area contributed by atoms with Crippen molar-refractivity contribution in [3.05, 3.63) is 35.9 Å². The Morgan fingerprint density at radius 1 is 1.21 bits per heavy atom. The second-order valence-corrected chi connectivity index (χ2v) is 8.84. The van der Waals surface area contributed by atoms with Crippen molar-refractivity contribution in [2.24, 2.45) is 5.92 Å². The second kappa shape index (κ2) is 9.16. The van der Waals surface area contributed by atoms with Gasteiger partial charge in [-0.3, -0.25) is 4.79 Å². The fourth-order valence-corrected chi connectivity index (χ4v) is 4.74. The molecule has 0 radical (unpaired) electrons. The number of furan rings is 1. The van der Waals surface area contributed by atoms with E-state index in [1.54, 1.807) is 0 Å². The molecule has 2 aliphatic rings. The number of carbonyl (C=O) groups is 1. The maximum absolute atomic E-state index is 12.5. The van der Waals surface area contributed by atoms with E-state index >= 15 is 0 Å². The standard InChI is InChI=1S/C23H34N4O2/c1-17(21-8-7-18(2)29-21)10-14-26-15-11-20(12-16-26)27-22(9-13-24-27)25-23(28)19-5-3-4-6-19/h7-9,13,17,19-20H,3-6,10-12,14-16H2,1-2H3,(H,25,28)/t17-/m1/s1. The molecule has 1 saturated heterocycles. The molecule has 6 nitrogen and oxygen atoms in total. The number of amides is 1. The zero-order chi connectivity index (χ0) is 20.2. The van der Waals surface area contributed by atoms with Crippen molar-refractivity contribution >= 4 is 11.7 Å². The third kappa shape index (κ3) is 4.92. The summed E-state index contributed by atoms with van der Waals surface area (Å²) < 4.78 is 7.81. The summed E-state index contributed by atoms with van der Waals surface area (Å²) in [6.45, 7) is 7.49. The van der Waals surface area contributed by atoms with Crippen LogP contribution in [0.3, 0.4) is 0 Å². The lowest BCUT2D eigenvalue weighted by atomic mass is 10.0. The Labute approximate surface area is 173 Å². The number of piperidine rings is 1. The first-order valence-corrected chi connectivity index (χ1v) is 11.2. The van der Waals surface area contributed by atoms with E-state index in [2.05, 4.69) is 28.3 Å². The van der Waals surface area contributed by atoms with Gasteiger partial charge in [-0.15, -0.1) is 0 Å². The van der Waals surface area contributed by atoms with Gasteiger partial charge in [-0.1, -0.05) is 19.8 Å². The van der Waals surface area contributed by atoms with Crippen LogP contribution >= 0.6 is 0 Å². The molecule has 1 aliphatic heterocycles. The molecule has 2 aromatic heterocycles. The van der Waals surface area contributed by atoms with Crippen molar-refractivity contribution < 1.29 is 9.21 Å². The van der Waals surface area contributed by atoms with Gasteiger partial charge >= 0.3 is 0 Å². The van der Waals surface area contributed by atoms with Crippen molar-refractivity contribution in [3.63, 3.8) is 0 Å². The fourth-order valence-electron chi connectivity index (χ4n) is 4.74. The van der Waals surface area contributed by atoms with Gasteiger partial charge in [0, 0.05) is 31.0 Å². The number of carbonyl (C=O) groups excluding carboxylic acids is 1. The minimum atomic E-state index is 0.170. The molecule has 1 N–H and O–H groups in total. The topological polar surface area (TPSA) is 63.3 Å². The van der Waals surface area contributed by atoms with Gasteiger partial charge in [0.25, 0.3) is 0 Å². The highest BCUT2D eigenvalue weighted by Crippen LogP contribution is 2.29. The van der Waals surface area contributed by atoms with Crippen LogP contribution in [0.2, 0.25) is 0 Å². The van der Waals surface area contributed by atoms with Crippen LogP contribution in [0.15, 0.2) is 28.8 Å². The van der Waals surface area contributed by atoms with E-state index in [1.165, 1.54) is 12.8 Å². The third-order valence-electron chi connectivity index (χ3n) is 6.68. The van der Waals surface area contributed by atoms with Crippen LogP contribution in [-0.4, -0.2) is 40.2 Å². The average molecular weight is 399 g/mol. The molecule has 6 heteroatoms. The molecular formula is C23H34N4O2. The summed E-state index contributed by atoms with van der Waals surface area (Å²) in [5.74, 6) is 3.75. The van der Waals surface area contributed by atoms with Crippen LogP contribution in [0.4, 0.5) is 5.82 Å². The van der Waals surface area contributed by atoms with Crippen LogP contribution in [0.25, 0.3) is 0 Å². The highest BCUT2D eigenvalue weighted by molar-refractivity contribution is 5.91. The van der Waals surface area contributed by atoms with Gasteiger partial charge in [0.05, 0.1) is 12.2 Å². The number of nitrogens with one attached hydrogen (secondary N) is 1. The average Bonchev–Trinajstić information content (AvgIpc) is 3.48. The van der Waals surface area contributed by atoms with E-state index in [0.29, 0.717) is 12.0 Å². The van der Waals surface area contributed by atoms with E-state index in [1.807, 2.05) is 29.9 Å². The molecule has 4 rings (SSSR count). The van der Waals surface area contributed by atoms with Gasteiger partial charge in [-0.05, 0) is 57.7 Å². The van der Waals surface area contributed by atoms with Crippen molar-refractivity contribution in [2.45, 2.75) is 70.8 Å². The first-order valence-electron chi connectivity index (χ1n) is 11.2. The Balaban J connectivity index is 1.25. The first kappa shape index (κ1) is 20.2. The summed E-state index contributed by atoms with van der Waals surface area (Å²) in [4.78, 5) is 15.0. The molecule has 1 amide bonds. The summed E-state index contributed by atoms with van der Waals surface area (Å²) in [5.41, 5.74) is 0. The van der Waals surface area contributed by atoms with Gasteiger partial charge in [-0.25, -0.2) is 4.68 Å². The minimum absolute atomic E-state index is 0.170. The van der Waals surface area contributed by atoms with Crippen molar-refractivity contribution in [1.29, 1.82) is 0 Å². The Kier molecular flexibility index (Phi) is 6.38. The number of nitrogens with zero attached hydrogens (tertiary/aromatic N) is 3. The first-order chi connectivity index (χ1) is 14.1. The largest absolute Gasteiger partial charge is 0.466 e. The summed E-state index contributed by atoms with van der Waals surface area (Å²) in [6.07, 6.45) is 9.46. The predicted molar refractivity (Wildman–Crippen MR) is 114 cm³/mol. The highest BCUT2D eigenvalue weighted by Gasteiger charge is 2.26. The minimum Gasteiger partial charge on any atom is -0.466 e. The number of likely N-dealkylation sites (tertiary alicyclic amines) is 1. The Morgan fingerprint density at radius 3 is 2.66 bits per heavy atom. The monoisotopic (exact) mass is 398 g/mol. The van der Waals surface area contributed by atoms with E-state index in [9.17, 15) is 4.79 Å². The smallest absolute Gasteiger partial charge is 0.228 e. The van der Waals surface area contributed by atoms with Crippen molar-refractivity contribution in [1.82, 2.24) is 14.7 Å². The third-order valence-corrected chi connectivity index (χ3v) is 6.68. The normalized spacial score (nSPS) is 20.2. The number of aromatic nitrogens is 2. The number of anilines is 1. The van der Waals surface area contributed by atoms with E-state index in [0.717, 1.165) is 69.1 Å². The molecule has 29 heavy (non-hydrogen) atoms. The molecule has 1 saturated carbocycles. The SMILES string of the molecule is Cc1ccc([C@H](C)CCN2CCC(n3nccc3NC(=O)C3CCCC3)CC2)o1. The quantitative estimate of drug-likeness (QED) is 0.731. The van der Waals surface area contributed by atoms with Crippen LogP contribution in [-0.2, 0) is 4.79 Å². The predicted octanol–water partition coefficient (Wildman–Crippen LogP) is 4.74. The number of aryl methyl sites for hydroxylation is 1. The lowest BCUT2D eigenvalue weighted by molar-refractivity contribution is -0.119. The maximum Gasteiger partial charge on any atom is 0.228 e. The molecule has 1 aliphatic carbocycles. The Hall–Kier alpha value is -2.08. The molecule has 0 aromatic carbocycles. The number of hydrogen-bond acceptors (Lipinski definition) is 4. The van der Waals surface area contributed by atoms with Crippen LogP contribution in [0.5, 0.6) is 0 Å². The lowest BCUT2D eigenvalue weighted by Crippen LogP contribution is -2.36. The summed E-state index contributed by atoms with van der Waals surface area (Å²) in [7, 11) is 0. The summed E-state index contributed by atoms with van der Waals surface area (Å²) >= 11 is 0. The van der Waals surface area contributed by atoms with Crippen LogP contribution < -0.4 is 5.32 Å². The molecule has 2 fully saturated rings. The van der Waals surface area contributed by atoms with Gasteiger partial charge in [0.1, 0.15) is 17.3 Å². The summed E-state index contributed by atoms with van der Waals surface area (Å²) in [6, 6.07) is 6.45. The zero-order valence-electron chi connectivity index (χ0n) is 17.8. The van der Waals surface area contributed by atoms with Crippen LogP contribution in [0.1, 0.15) is 75.3 Å². The summed E-state index contributed by atoms with van der Waals surface area (Å²) in [5, 5.41) is 7.67. The fraction of sp³-hybridized carbons (Fsp3) is 0.652. The molecule has 2 aromatic rings. The van der Waals surface area contributed by atoms with E-state index in [-0.39, 0.29) is 11.8 Å². The lowest BCUT2D eigenvalue weighted by Gasteiger charge is -2.33. The molecule has 0 unspecified atom stereocenters. The molecule has 1 atom stereocenters. The van der Waals surface area contributed by atoms with Crippen molar-refractivity contribution in [2.75, 3.05) is 25.0 Å². The Morgan fingerprint density at radius 2 is 1.97 bits per heavy atom. The van der Waals surface area contributed by atoms with Gasteiger partial charge in [0.2, 0.25) is 5.91 Å². The van der Waals surface area contributed by atoms with Gasteiger partial charge in [0.15, 0.2) is 0 Å². The van der Waals surface area contributed by atoms with Crippen LogP contribution in [0, 0.1) is 12.8 Å². The second-order valence-electron chi connectivity index (χ2n) is 8.84. The highest BCUT2D eigenvalue weighted by atomic mass is 16.3. The maximum atomic E-state index is 12.5. The van der Waals surface area contributed by atoms with Gasteiger partial charge < -0.3 is 14.6 Å². The molecule has 158 valence electrons.